The van der Waals surface area contributed by atoms with Gasteiger partial charge in [0.15, 0.2) is 0 Å². The quantitative estimate of drug-likeness (QED) is 0.658. The zero-order valence-electron chi connectivity index (χ0n) is 10.6. The van der Waals surface area contributed by atoms with E-state index in [2.05, 4.69) is 5.32 Å². The van der Waals surface area contributed by atoms with E-state index in [1.54, 1.807) is 11.9 Å². The van der Waals surface area contributed by atoms with Crippen LogP contribution in [0.25, 0.3) is 0 Å². The van der Waals surface area contributed by atoms with Gasteiger partial charge in [-0.15, -0.1) is 0 Å². The summed E-state index contributed by atoms with van der Waals surface area (Å²) < 4.78 is 0. The number of rotatable bonds is 5. The smallest absolute Gasteiger partial charge is 0.317 e. The largest absolute Gasteiger partial charge is 0.481 e. The molecule has 0 saturated heterocycles. The Labute approximate surface area is 106 Å². The Balaban J connectivity index is 1.69. The summed E-state index contributed by atoms with van der Waals surface area (Å²) in [6, 6.07) is -0.232. The third-order valence-corrected chi connectivity index (χ3v) is 3.97. The highest BCUT2D eigenvalue weighted by Gasteiger charge is 2.50. The van der Waals surface area contributed by atoms with Crippen LogP contribution in [-0.4, -0.2) is 53.4 Å². The number of hydrogen-bond acceptors (Lipinski definition) is 3. The number of hydrogen-bond donors (Lipinski definition) is 3. The zero-order valence-corrected chi connectivity index (χ0v) is 10.6. The zero-order chi connectivity index (χ0) is 13.3. The highest BCUT2D eigenvalue weighted by molar-refractivity contribution is 5.80. The second-order valence-corrected chi connectivity index (χ2v) is 5.62. The molecule has 0 aliphatic heterocycles. The van der Waals surface area contributed by atoms with Crippen molar-refractivity contribution in [2.45, 2.75) is 31.8 Å². The van der Waals surface area contributed by atoms with Crippen molar-refractivity contribution < 1.29 is 19.8 Å². The van der Waals surface area contributed by atoms with Crippen LogP contribution >= 0.6 is 0 Å². The summed E-state index contributed by atoms with van der Waals surface area (Å²) in [5.41, 5.74) is -0.719. The number of carbonyl (C=O) groups is 2. The highest BCUT2D eigenvalue weighted by Crippen LogP contribution is 2.45. The van der Waals surface area contributed by atoms with E-state index in [9.17, 15) is 9.59 Å². The Hall–Kier alpha value is -1.30. The molecule has 102 valence electrons. The molecule has 2 aliphatic rings. The van der Waals surface area contributed by atoms with Gasteiger partial charge in [-0.1, -0.05) is 0 Å². The topological polar surface area (TPSA) is 89.9 Å². The maximum Gasteiger partial charge on any atom is 0.317 e. The van der Waals surface area contributed by atoms with E-state index in [0.717, 1.165) is 12.8 Å². The second kappa shape index (κ2) is 4.76. The van der Waals surface area contributed by atoms with Crippen molar-refractivity contribution in [1.82, 2.24) is 10.2 Å². The van der Waals surface area contributed by atoms with Gasteiger partial charge in [0.2, 0.25) is 0 Å². The van der Waals surface area contributed by atoms with Gasteiger partial charge in [-0.2, -0.15) is 0 Å². The number of nitrogens with one attached hydrogen (secondary N) is 1. The van der Waals surface area contributed by atoms with Gasteiger partial charge in [0, 0.05) is 20.1 Å². The molecule has 6 heteroatoms. The maximum atomic E-state index is 11.8. The minimum absolute atomic E-state index is 0.207. The molecule has 2 amide bonds. The van der Waals surface area contributed by atoms with Crippen molar-refractivity contribution in [1.29, 1.82) is 0 Å². The van der Waals surface area contributed by atoms with Crippen molar-refractivity contribution in [3.63, 3.8) is 0 Å². The minimum Gasteiger partial charge on any atom is -0.481 e. The van der Waals surface area contributed by atoms with Crippen LogP contribution < -0.4 is 5.32 Å². The van der Waals surface area contributed by atoms with Gasteiger partial charge < -0.3 is 20.4 Å². The molecular weight excluding hydrogens is 236 g/mol. The molecular formula is C12H20N2O4. The molecule has 2 rings (SSSR count). The maximum absolute atomic E-state index is 11.8. The lowest BCUT2D eigenvalue weighted by molar-refractivity contribution is -0.143. The van der Waals surface area contributed by atoms with Crippen LogP contribution in [0.15, 0.2) is 0 Å². The Kier molecular flexibility index (Phi) is 3.47. The summed E-state index contributed by atoms with van der Waals surface area (Å²) in [7, 11) is 1.69. The van der Waals surface area contributed by atoms with Crippen LogP contribution in [0.3, 0.4) is 0 Å². The Morgan fingerprint density at radius 3 is 2.44 bits per heavy atom. The van der Waals surface area contributed by atoms with Crippen molar-refractivity contribution in [2.75, 3.05) is 20.1 Å². The second-order valence-electron chi connectivity index (χ2n) is 5.62. The van der Waals surface area contributed by atoms with Gasteiger partial charge in [0.1, 0.15) is 0 Å². The fourth-order valence-corrected chi connectivity index (χ4v) is 2.32. The third kappa shape index (κ3) is 2.75. The van der Waals surface area contributed by atoms with Crippen LogP contribution in [0.1, 0.15) is 25.7 Å². The summed E-state index contributed by atoms with van der Waals surface area (Å²) >= 11 is 0. The minimum atomic E-state index is -0.826. The van der Waals surface area contributed by atoms with E-state index in [4.69, 9.17) is 10.2 Å². The summed E-state index contributed by atoms with van der Waals surface area (Å²) in [6.07, 6.45) is 2.56. The van der Waals surface area contributed by atoms with Gasteiger partial charge in [-0.25, -0.2) is 4.79 Å². The molecule has 2 fully saturated rings. The first-order valence-electron chi connectivity index (χ1n) is 6.33. The first-order chi connectivity index (χ1) is 8.43. The van der Waals surface area contributed by atoms with E-state index in [-0.39, 0.29) is 18.7 Å². The SMILES string of the molecule is CN(CC1CC(O)C1)C(=O)NCC1(C(=O)O)CC1. The number of aliphatic hydroxyl groups is 1. The molecule has 0 unspecified atom stereocenters. The van der Waals surface area contributed by atoms with Gasteiger partial charge in [-0.05, 0) is 31.6 Å². The number of carboxylic acid groups (broad SMARTS) is 1. The molecule has 0 bridgehead atoms. The predicted octanol–water partition coefficient (Wildman–Crippen LogP) is 0.263. The molecule has 0 atom stereocenters. The molecule has 0 heterocycles. The lowest BCUT2D eigenvalue weighted by Gasteiger charge is -2.34. The lowest BCUT2D eigenvalue weighted by atomic mass is 9.82. The fourth-order valence-electron chi connectivity index (χ4n) is 2.32. The number of carboxylic acids is 1. The molecule has 2 saturated carbocycles. The normalized spacial score (nSPS) is 28.1. The highest BCUT2D eigenvalue weighted by atomic mass is 16.4. The van der Waals surface area contributed by atoms with E-state index in [0.29, 0.717) is 25.3 Å². The molecule has 2 aliphatic carbocycles. The molecule has 0 aromatic carbocycles. The van der Waals surface area contributed by atoms with Crippen molar-refractivity contribution in [2.24, 2.45) is 11.3 Å². The fraction of sp³-hybridized carbons (Fsp3) is 0.833. The first-order valence-corrected chi connectivity index (χ1v) is 6.33. The molecule has 3 N–H and O–H groups in total. The van der Waals surface area contributed by atoms with E-state index in [1.807, 2.05) is 0 Å². The Bertz CT molecular complexity index is 348. The molecule has 18 heavy (non-hydrogen) atoms. The molecule has 6 nitrogen and oxygen atoms in total. The van der Waals surface area contributed by atoms with E-state index < -0.39 is 11.4 Å². The first kappa shape index (κ1) is 13.1. The average Bonchev–Trinajstić information content (AvgIpc) is 3.04. The van der Waals surface area contributed by atoms with Gasteiger partial charge in [0.25, 0.3) is 0 Å². The van der Waals surface area contributed by atoms with Crippen LogP contribution in [-0.2, 0) is 4.79 Å². The number of nitrogens with zero attached hydrogens (tertiary/aromatic N) is 1. The number of aliphatic carboxylic acids is 1. The van der Waals surface area contributed by atoms with E-state index in [1.165, 1.54) is 0 Å². The third-order valence-electron chi connectivity index (χ3n) is 3.97. The van der Waals surface area contributed by atoms with E-state index >= 15 is 0 Å². The van der Waals surface area contributed by atoms with Crippen LogP contribution in [0.5, 0.6) is 0 Å². The standard InChI is InChI=1S/C12H20N2O4/c1-14(6-8-4-9(15)5-8)11(18)13-7-12(2-3-12)10(16)17/h8-9,15H,2-7H2,1H3,(H,13,18)(H,16,17). The molecule has 0 spiro atoms. The van der Waals surface area contributed by atoms with Gasteiger partial charge in [-0.3, -0.25) is 4.79 Å². The van der Waals surface area contributed by atoms with Gasteiger partial charge in [0.05, 0.1) is 11.5 Å². The summed E-state index contributed by atoms with van der Waals surface area (Å²) in [4.78, 5) is 24.3. The van der Waals surface area contributed by atoms with Crippen molar-refractivity contribution in [3.8, 4) is 0 Å². The van der Waals surface area contributed by atoms with Crippen molar-refractivity contribution >= 4 is 12.0 Å². The number of carbonyl (C=O) groups excluding carboxylic acids is 1. The van der Waals surface area contributed by atoms with Crippen LogP contribution in [0, 0.1) is 11.3 Å². The molecule has 0 aromatic rings. The van der Waals surface area contributed by atoms with Crippen LogP contribution in [0.4, 0.5) is 4.79 Å². The molecule has 0 aromatic heterocycles. The number of urea groups is 1. The molecule has 0 radical (unpaired) electrons. The summed E-state index contributed by atoms with van der Waals surface area (Å²) in [5, 5.41) is 20.8. The average molecular weight is 256 g/mol. The monoisotopic (exact) mass is 256 g/mol. The van der Waals surface area contributed by atoms with Crippen molar-refractivity contribution in [3.05, 3.63) is 0 Å². The lowest BCUT2D eigenvalue weighted by Crippen LogP contribution is -2.45. The Morgan fingerprint density at radius 2 is 2.00 bits per heavy atom. The number of amides is 2. The predicted molar refractivity (Wildman–Crippen MR) is 64.1 cm³/mol. The van der Waals surface area contributed by atoms with Crippen LogP contribution in [0.2, 0.25) is 0 Å². The van der Waals surface area contributed by atoms with Gasteiger partial charge >= 0.3 is 12.0 Å². The number of aliphatic hydroxyl groups excluding tert-OH is 1. The summed E-state index contributed by atoms with van der Waals surface area (Å²) in [6.45, 7) is 0.821. The Morgan fingerprint density at radius 1 is 1.39 bits per heavy atom. The summed E-state index contributed by atoms with van der Waals surface area (Å²) in [5.74, 6) is -0.460.